The largest absolute Gasteiger partial charge is 0.347 e. The van der Waals surface area contributed by atoms with Crippen LogP contribution in [0.25, 0.3) is 16.2 Å². The number of hydrogen-bond acceptors (Lipinski definition) is 4. The molecule has 2 aliphatic rings. The molecule has 2 fully saturated rings. The van der Waals surface area contributed by atoms with Gasteiger partial charge in [0.2, 0.25) is 5.91 Å². The highest BCUT2D eigenvalue weighted by Gasteiger charge is 2.46. The first-order chi connectivity index (χ1) is 12.1. The number of carbonyl (C=O) groups excluding carboxylic acids is 1. The van der Waals surface area contributed by atoms with Gasteiger partial charge in [-0.05, 0) is 61.4 Å². The molecule has 4 nitrogen and oxygen atoms in total. The van der Waals surface area contributed by atoms with Gasteiger partial charge in [0.1, 0.15) is 0 Å². The Morgan fingerprint density at radius 3 is 3.08 bits per heavy atom. The fourth-order valence-corrected chi connectivity index (χ4v) is 5.08. The average molecular weight is 372 g/mol. The SMILES string of the molecule is C/C(=C\c1csc2ccc(Cl)cc12)C(=O)N[C@@H]1C[C@@H]2CC[C@H]1N2C#N. The van der Waals surface area contributed by atoms with Crippen LogP contribution in [0.3, 0.4) is 0 Å². The van der Waals surface area contributed by atoms with Crippen molar-refractivity contribution in [1.82, 2.24) is 10.2 Å². The second-order valence-electron chi connectivity index (χ2n) is 6.78. The lowest BCUT2D eigenvalue weighted by molar-refractivity contribution is -0.118. The molecule has 2 aromatic rings. The Balaban J connectivity index is 1.51. The number of halogens is 1. The number of thiophene rings is 1. The fourth-order valence-electron chi connectivity index (χ4n) is 4.01. The maximum Gasteiger partial charge on any atom is 0.247 e. The lowest BCUT2D eigenvalue weighted by atomic mass is 9.95. The number of amides is 1. The minimum absolute atomic E-state index is 0.0585. The molecule has 3 heterocycles. The second kappa shape index (κ2) is 6.36. The van der Waals surface area contributed by atoms with Crippen LogP contribution in [0.15, 0.2) is 29.2 Å². The van der Waals surface area contributed by atoms with E-state index in [0.29, 0.717) is 16.6 Å². The molecule has 128 valence electrons. The fraction of sp³-hybridized carbons (Fsp3) is 0.368. The standard InChI is InChI=1S/C19H18ClN3OS/c1-11(6-12-9-25-18-5-2-13(20)7-15(12)18)19(24)22-16-8-14-3-4-17(16)23(14)10-21/h2,5-7,9,14,16-17H,3-4,8H2,1H3,(H,22,24)/b11-6+/t14-,16+,17+/m0/s1. The molecule has 0 saturated carbocycles. The number of nitriles is 1. The van der Waals surface area contributed by atoms with E-state index in [4.69, 9.17) is 11.6 Å². The molecule has 1 aromatic heterocycles. The Hall–Kier alpha value is -2.03. The number of hydrogen-bond donors (Lipinski definition) is 1. The third kappa shape index (κ3) is 2.90. The smallest absolute Gasteiger partial charge is 0.247 e. The molecule has 4 rings (SSSR count). The van der Waals surface area contributed by atoms with Gasteiger partial charge in [0.15, 0.2) is 6.19 Å². The summed E-state index contributed by atoms with van der Waals surface area (Å²) in [6.45, 7) is 1.83. The normalized spacial score (nSPS) is 25.4. The first-order valence-electron chi connectivity index (χ1n) is 8.41. The average Bonchev–Trinajstić information content (AvgIpc) is 3.27. The van der Waals surface area contributed by atoms with Gasteiger partial charge < -0.3 is 10.2 Å². The van der Waals surface area contributed by atoms with Gasteiger partial charge in [-0.15, -0.1) is 11.3 Å². The van der Waals surface area contributed by atoms with Crippen LogP contribution < -0.4 is 5.32 Å². The van der Waals surface area contributed by atoms with E-state index < -0.39 is 0 Å². The summed E-state index contributed by atoms with van der Waals surface area (Å²) < 4.78 is 1.15. The summed E-state index contributed by atoms with van der Waals surface area (Å²) in [5.74, 6) is -0.0585. The molecular weight excluding hydrogens is 354 g/mol. The Morgan fingerprint density at radius 1 is 1.48 bits per heavy atom. The van der Waals surface area contributed by atoms with Gasteiger partial charge in [-0.3, -0.25) is 4.79 Å². The minimum Gasteiger partial charge on any atom is -0.347 e. The van der Waals surface area contributed by atoms with Crippen molar-refractivity contribution in [2.45, 2.75) is 44.3 Å². The molecule has 1 amide bonds. The van der Waals surface area contributed by atoms with E-state index in [1.807, 2.05) is 41.5 Å². The molecule has 2 bridgehead atoms. The van der Waals surface area contributed by atoms with E-state index in [-0.39, 0.29) is 18.0 Å². The van der Waals surface area contributed by atoms with Gasteiger partial charge in [-0.2, -0.15) is 5.26 Å². The molecule has 0 unspecified atom stereocenters. The molecule has 0 radical (unpaired) electrons. The van der Waals surface area contributed by atoms with Gasteiger partial charge in [0, 0.05) is 26.7 Å². The predicted molar refractivity (Wildman–Crippen MR) is 101 cm³/mol. The zero-order valence-electron chi connectivity index (χ0n) is 13.8. The van der Waals surface area contributed by atoms with Crippen molar-refractivity contribution in [2.24, 2.45) is 0 Å². The highest BCUT2D eigenvalue weighted by Crippen LogP contribution is 2.37. The highest BCUT2D eigenvalue weighted by molar-refractivity contribution is 7.17. The topological polar surface area (TPSA) is 56.1 Å². The summed E-state index contributed by atoms with van der Waals surface area (Å²) in [6.07, 6.45) is 7.10. The Morgan fingerprint density at radius 2 is 2.32 bits per heavy atom. The molecule has 6 heteroatoms. The third-order valence-corrected chi connectivity index (χ3v) is 6.48. The maximum atomic E-state index is 12.6. The number of fused-ring (bicyclic) bond motifs is 3. The quantitative estimate of drug-likeness (QED) is 0.651. The Kier molecular flexibility index (Phi) is 4.18. The van der Waals surface area contributed by atoms with Crippen LogP contribution >= 0.6 is 22.9 Å². The number of rotatable bonds is 3. The molecule has 1 N–H and O–H groups in total. The van der Waals surface area contributed by atoms with Gasteiger partial charge in [0.25, 0.3) is 0 Å². The van der Waals surface area contributed by atoms with E-state index >= 15 is 0 Å². The van der Waals surface area contributed by atoms with E-state index in [0.717, 1.165) is 34.9 Å². The first kappa shape index (κ1) is 16.4. The number of nitrogens with zero attached hydrogens (tertiary/aromatic N) is 2. The maximum absolute atomic E-state index is 12.6. The molecule has 0 spiro atoms. The van der Waals surface area contributed by atoms with Crippen molar-refractivity contribution in [3.05, 3.63) is 39.7 Å². The molecular formula is C19H18ClN3OS. The van der Waals surface area contributed by atoms with Crippen LogP contribution in [-0.2, 0) is 4.79 Å². The summed E-state index contributed by atoms with van der Waals surface area (Å²) in [6, 6.07) is 6.35. The van der Waals surface area contributed by atoms with Crippen LogP contribution in [0.2, 0.25) is 5.02 Å². The van der Waals surface area contributed by atoms with Crippen LogP contribution in [0.5, 0.6) is 0 Å². The monoisotopic (exact) mass is 371 g/mol. The van der Waals surface area contributed by atoms with E-state index in [2.05, 4.69) is 11.5 Å². The molecule has 25 heavy (non-hydrogen) atoms. The zero-order valence-corrected chi connectivity index (χ0v) is 15.4. The van der Waals surface area contributed by atoms with Crippen molar-refractivity contribution >= 4 is 45.0 Å². The number of benzene rings is 1. The van der Waals surface area contributed by atoms with Gasteiger partial charge in [-0.25, -0.2) is 0 Å². The summed E-state index contributed by atoms with van der Waals surface area (Å²) in [7, 11) is 0. The first-order valence-corrected chi connectivity index (χ1v) is 9.66. The van der Waals surface area contributed by atoms with Crippen molar-refractivity contribution < 1.29 is 4.79 Å². The number of nitrogens with one attached hydrogen (secondary N) is 1. The molecule has 0 aliphatic carbocycles. The Labute approximate surface area is 155 Å². The van der Waals surface area contributed by atoms with Crippen molar-refractivity contribution in [2.75, 3.05) is 0 Å². The molecule has 2 saturated heterocycles. The predicted octanol–water partition coefficient (Wildman–Crippen LogP) is 4.16. The number of carbonyl (C=O) groups is 1. The lowest BCUT2D eigenvalue weighted by Crippen LogP contribution is -2.43. The molecule has 2 aliphatic heterocycles. The molecule has 3 atom stereocenters. The van der Waals surface area contributed by atoms with Crippen molar-refractivity contribution in [3.8, 4) is 6.19 Å². The Bertz CT molecular complexity index is 913. The third-order valence-electron chi connectivity index (χ3n) is 5.26. The minimum atomic E-state index is -0.0585. The van der Waals surface area contributed by atoms with Crippen LogP contribution in [0.4, 0.5) is 0 Å². The summed E-state index contributed by atoms with van der Waals surface area (Å²) in [5, 5.41) is 16.2. The van der Waals surface area contributed by atoms with Crippen molar-refractivity contribution in [1.29, 1.82) is 5.26 Å². The van der Waals surface area contributed by atoms with Gasteiger partial charge in [0.05, 0.1) is 12.1 Å². The summed E-state index contributed by atoms with van der Waals surface area (Å²) in [4.78, 5) is 14.5. The van der Waals surface area contributed by atoms with E-state index in [9.17, 15) is 10.1 Å². The van der Waals surface area contributed by atoms with E-state index in [1.165, 1.54) is 0 Å². The van der Waals surface area contributed by atoms with Crippen LogP contribution in [-0.4, -0.2) is 28.9 Å². The highest BCUT2D eigenvalue weighted by atomic mass is 35.5. The summed E-state index contributed by atoms with van der Waals surface area (Å²) >= 11 is 7.74. The van der Waals surface area contributed by atoms with E-state index in [1.54, 1.807) is 11.3 Å². The van der Waals surface area contributed by atoms with Gasteiger partial charge >= 0.3 is 0 Å². The van der Waals surface area contributed by atoms with Crippen molar-refractivity contribution in [3.63, 3.8) is 0 Å². The summed E-state index contributed by atoms with van der Waals surface area (Å²) in [5.41, 5.74) is 1.69. The van der Waals surface area contributed by atoms with Gasteiger partial charge in [-0.1, -0.05) is 11.6 Å². The van der Waals surface area contributed by atoms with Crippen LogP contribution in [0, 0.1) is 11.5 Å². The second-order valence-corrected chi connectivity index (χ2v) is 8.13. The molecule has 1 aromatic carbocycles. The zero-order chi connectivity index (χ0) is 17.6. The van der Waals surface area contributed by atoms with Crippen LogP contribution in [0.1, 0.15) is 31.7 Å². The lowest BCUT2D eigenvalue weighted by Gasteiger charge is -2.22.